The van der Waals surface area contributed by atoms with E-state index in [0.717, 1.165) is 41.6 Å². The van der Waals surface area contributed by atoms with Gasteiger partial charge in [0.1, 0.15) is 6.04 Å². The maximum Gasteiger partial charge on any atom is 0.326 e. The zero-order valence-electron chi connectivity index (χ0n) is 22.0. The van der Waals surface area contributed by atoms with Crippen molar-refractivity contribution in [2.24, 2.45) is 17.8 Å². The van der Waals surface area contributed by atoms with Crippen LogP contribution in [0.25, 0.3) is 11.0 Å². The molecule has 1 aromatic carbocycles. The van der Waals surface area contributed by atoms with Crippen molar-refractivity contribution in [1.29, 1.82) is 0 Å². The molecule has 1 aromatic heterocycles. The normalized spacial score (nSPS) is 37.8. The quantitative estimate of drug-likeness (QED) is 0.642. The van der Waals surface area contributed by atoms with Crippen molar-refractivity contribution < 1.29 is 9.90 Å². The van der Waals surface area contributed by atoms with Crippen molar-refractivity contribution in [1.82, 2.24) is 14.5 Å². The summed E-state index contributed by atoms with van der Waals surface area (Å²) in [5.74, 6) is 2.14. The van der Waals surface area contributed by atoms with Crippen molar-refractivity contribution in [2.45, 2.75) is 108 Å². The molecule has 198 valence electrons. The third kappa shape index (κ3) is 4.00. The van der Waals surface area contributed by atoms with E-state index in [-0.39, 0.29) is 11.6 Å². The van der Waals surface area contributed by atoms with Crippen LogP contribution in [0.5, 0.6) is 0 Å². The molecule has 3 saturated heterocycles. The van der Waals surface area contributed by atoms with Gasteiger partial charge in [-0.25, -0.2) is 9.78 Å². The van der Waals surface area contributed by atoms with Gasteiger partial charge in [0.05, 0.1) is 11.0 Å². The fraction of sp³-hybridized carbons (Fsp3) is 0.700. The van der Waals surface area contributed by atoms with E-state index in [9.17, 15) is 14.7 Å². The van der Waals surface area contributed by atoms with Crippen LogP contribution in [0.2, 0.25) is 0 Å². The van der Waals surface area contributed by atoms with E-state index in [2.05, 4.69) is 11.8 Å². The smallest absolute Gasteiger partial charge is 0.326 e. The largest absolute Gasteiger partial charge is 0.480 e. The van der Waals surface area contributed by atoms with E-state index < -0.39 is 12.0 Å². The van der Waals surface area contributed by atoms with Crippen molar-refractivity contribution in [2.75, 3.05) is 11.4 Å². The number of rotatable bonds is 4. The lowest BCUT2D eigenvalue weighted by atomic mass is 9.65. The minimum atomic E-state index is -0.873. The number of aromatic nitrogens is 2. The summed E-state index contributed by atoms with van der Waals surface area (Å²) in [5, 5.41) is 9.64. The highest BCUT2D eigenvalue weighted by Gasteiger charge is 2.46. The van der Waals surface area contributed by atoms with Gasteiger partial charge in [0.15, 0.2) is 5.82 Å². The molecule has 5 aliphatic rings. The second kappa shape index (κ2) is 9.11. The Balaban J connectivity index is 1.22. The molecule has 37 heavy (non-hydrogen) atoms. The number of benzene rings is 1. The van der Waals surface area contributed by atoms with Crippen LogP contribution in [-0.4, -0.2) is 56.2 Å². The van der Waals surface area contributed by atoms with Crippen LogP contribution in [0.4, 0.5) is 5.82 Å². The lowest BCUT2D eigenvalue weighted by molar-refractivity contribution is -0.140. The Morgan fingerprint density at radius 1 is 0.892 bits per heavy atom. The third-order valence-electron chi connectivity index (χ3n) is 10.5. The Labute approximate surface area is 218 Å². The minimum Gasteiger partial charge on any atom is -0.480 e. The number of fused-ring (bicyclic) bond motifs is 5. The number of piperidine rings is 2. The molecule has 2 aromatic rings. The average Bonchev–Trinajstić information content (AvgIpc) is 2.82. The van der Waals surface area contributed by atoms with E-state index in [0.29, 0.717) is 36.9 Å². The van der Waals surface area contributed by atoms with Gasteiger partial charge < -0.3 is 14.6 Å². The second-order valence-corrected chi connectivity index (χ2v) is 12.9. The molecule has 2 aliphatic carbocycles. The first-order chi connectivity index (χ1) is 18.0. The summed E-state index contributed by atoms with van der Waals surface area (Å²) < 4.78 is 2.01. The lowest BCUT2D eigenvalue weighted by Crippen LogP contribution is -2.59. The minimum absolute atomic E-state index is 0.109. The molecule has 4 heterocycles. The molecule has 7 rings (SSSR count). The zero-order chi connectivity index (χ0) is 25.3. The molecule has 5 fully saturated rings. The summed E-state index contributed by atoms with van der Waals surface area (Å²) in [6.07, 6.45) is 13.3. The van der Waals surface area contributed by atoms with E-state index in [4.69, 9.17) is 4.98 Å². The molecule has 3 unspecified atom stereocenters. The lowest BCUT2D eigenvalue weighted by Gasteiger charge is -2.56. The number of anilines is 1. The summed E-state index contributed by atoms with van der Waals surface area (Å²) in [7, 11) is 0. The number of hydrogen-bond acceptors (Lipinski definition) is 5. The number of para-hydroxylation sites is 2. The third-order valence-corrected chi connectivity index (χ3v) is 10.5. The van der Waals surface area contributed by atoms with Crippen molar-refractivity contribution in [3.63, 3.8) is 0 Å². The molecular formula is C30H40N4O3. The fourth-order valence-electron chi connectivity index (χ4n) is 9.18. The van der Waals surface area contributed by atoms with Gasteiger partial charge in [-0.2, -0.15) is 0 Å². The molecule has 7 nitrogen and oxygen atoms in total. The topological polar surface area (TPSA) is 78.7 Å². The summed E-state index contributed by atoms with van der Waals surface area (Å²) in [4.78, 5) is 35.1. The van der Waals surface area contributed by atoms with Crippen LogP contribution in [0.15, 0.2) is 29.1 Å². The molecule has 7 heteroatoms. The Morgan fingerprint density at radius 3 is 2.24 bits per heavy atom. The van der Waals surface area contributed by atoms with Crippen LogP contribution in [0.1, 0.15) is 83.6 Å². The fourth-order valence-corrected chi connectivity index (χ4v) is 9.18. The standard InChI is InChI=1S/C30H40N4O3/c1-18-11-19-13-20(12-18)15-23(14-19)33-21-5-4-6-22(33)17-24(16-21)34-26-8-3-2-7-25(26)31-28(29(34)35)32-10-9-27(32)30(36)37/h2-3,7-8,18-24,27H,4-6,9-17H2,1H3,(H,36,37)/t18?,19-,20+,21-,22+,23?,24?,27-/m1/s1. The Hall–Kier alpha value is -2.41. The summed E-state index contributed by atoms with van der Waals surface area (Å²) in [6.45, 7) is 3.02. The number of carboxylic acid groups (broad SMARTS) is 1. The molecule has 0 spiro atoms. The monoisotopic (exact) mass is 504 g/mol. The number of carbonyl (C=O) groups is 1. The Morgan fingerprint density at radius 2 is 1.59 bits per heavy atom. The first-order valence-corrected chi connectivity index (χ1v) is 14.7. The van der Waals surface area contributed by atoms with E-state index >= 15 is 0 Å². The molecule has 4 bridgehead atoms. The van der Waals surface area contributed by atoms with Gasteiger partial charge in [-0.05, 0) is 94.1 Å². The van der Waals surface area contributed by atoms with Crippen molar-refractivity contribution in [3.8, 4) is 0 Å². The SMILES string of the molecule is CC1C[C@@H]2CC(N3[C@@H]4CCC[C@H]3CC(n3c(=O)c(N5CC[C@@H]5C(=O)O)nc5ccccc53)C4)C[C@H](C1)C2. The van der Waals surface area contributed by atoms with Crippen LogP contribution in [0, 0.1) is 17.8 Å². The van der Waals surface area contributed by atoms with Crippen LogP contribution < -0.4 is 10.5 Å². The van der Waals surface area contributed by atoms with Gasteiger partial charge in [0.25, 0.3) is 5.56 Å². The molecular weight excluding hydrogens is 464 g/mol. The Kier molecular flexibility index (Phi) is 5.83. The molecule has 3 aliphatic heterocycles. The average molecular weight is 505 g/mol. The summed E-state index contributed by atoms with van der Waals surface area (Å²) in [5.41, 5.74) is 1.57. The molecule has 0 amide bonds. The number of hydrogen-bond donors (Lipinski definition) is 1. The molecule has 0 radical (unpaired) electrons. The summed E-state index contributed by atoms with van der Waals surface area (Å²) in [6, 6.07) is 9.20. The number of nitrogens with zero attached hydrogens (tertiary/aromatic N) is 4. The first-order valence-electron chi connectivity index (χ1n) is 14.7. The molecule has 1 N–H and O–H groups in total. The van der Waals surface area contributed by atoms with Gasteiger partial charge in [-0.15, -0.1) is 0 Å². The number of carboxylic acids is 1. The van der Waals surface area contributed by atoms with Crippen LogP contribution >= 0.6 is 0 Å². The van der Waals surface area contributed by atoms with E-state index in [1.807, 2.05) is 28.8 Å². The Bertz CT molecular complexity index is 1230. The predicted octanol–water partition coefficient (Wildman–Crippen LogP) is 4.83. The molecule has 8 atom stereocenters. The highest BCUT2D eigenvalue weighted by molar-refractivity contribution is 5.81. The van der Waals surface area contributed by atoms with E-state index in [1.165, 1.54) is 51.4 Å². The van der Waals surface area contributed by atoms with E-state index in [1.54, 1.807) is 4.90 Å². The first kappa shape index (κ1) is 23.7. The summed E-state index contributed by atoms with van der Waals surface area (Å²) >= 11 is 0. The van der Waals surface area contributed by atoms with Gasteiger partial charge in [0.2, 0.25) is 0 Å². The highest BCUT2D eigenvalue weighted by Crippen LogP contribution is 2.48. The maximum atomic E-state index is 14.0. The van der Waals surface area contributed by atoms with Crippen LogP contribution in [0.3, 0.4) is 0 Å². The maximum absolute atomic E-state index is 14.0. The second-order valence-electron chi connectivity index (χ2n) is 12.9. The van der Waals surface area contributed by atoms with Crippen molar-refractivity contribution >= 4 is 22.8 Å². The van der Waals surface area contributed by atoms with Gasteiger partial charge in [-0.3, -0.25) is 9.69 Å². The van der Waals surface area contributed by atoms with Gasteiger partial charge in [-0.1, -0.05) is 25.5 Å². The number of aliphatic carboxylic acids is 1. The van der Waals surface area contributed by atoms with Gasteiger partial charge in [0, 0.05) is 30.7 Å². The zero-order valence-corrected chi connectivity index (χ0v) is 22.0. The van der Waals surface area contributed by atoms with Gasteiger partial charge >= 0.3 is 5.97 Å². The van der Waals surface area contributed by atoms with Crippen molar-refractivity contribution in [3.05, 3.63) is 34.6 Å². The predicted molar refractivity (Wildman–Crippen MR) is 144 cm³/mol. The van der Waals surface area contributed by atoms with Crippen LogP contribution in [-0.2, 0) is 4.79 Å². The molecule has 2 saturated carbocycles. The highest BCUT2D eigenvalue weighted by atomic mass is 16.4.